The van der Waals surface area contributed by atoms with Gasteiger partial charge >= 0.3 is 5.97 Å². The number of rotatable bonds is 8. The Morgan fingerprint density at radius 1 is 1.13 bits per heavy atom. The van der Waals surface area contributed by atoms with E-state index >= 15 is 0 Å². The molecular formula is C19H28O4. The molecule has 0 saturated carbocycles. The van der Waals surface area contributed by atoms with Gasteiger partial charge in [-0.25, -0.2) is 4.79 Å². The molecule has 0 heterocycles. The van der Waals surface area contributed by atoms with Crippen molar-refractivity contribution in [3.8, 4) is 11.5 Å². The van der Waals surface area contributed by atoms with E-state index in [0.717, 1.165) is 24.2 Å². The zero-order chi connectivity index (χ0) is 17.3. The Hall–Kier alpha value is -1.97. The van der Waals surface area contributed by atoms with E-state index in [1.165, 1.54) is 6.08 Å². The standard InChI is InChI=1S/C19H28O4/c1-6-8-13-22-16-11-9-15(14-17(16)21-7-2)10-12-18(20)23-19(3,4)5/h9-12,14H,6-8,13H2,1-5H3. The molecule has 1 aromatic rings. The monoisotopic (exact) mass is 320 g/mol. The van der Waals surface area contributed by atoms with Crippen molar-refractivity contribution in [1.82, 2.24) is 0 Å². The van der Waals surface area contributed by atoms with Crippen molar-refractivity contribution in [2.45, 2.75) is 53.1 Å². The number of hydrogen-bond acceptors (Lipinski definition) is 4. The van der Waals surface area contributed by atoms with Gasteiger partial charge in [0, 0.05) is 6.08 Å². The average molecular weight is 320 g/mol. The second-order valence-electron chi connectivity index (χ2n) is 6.21. The van der Waals surface area contributed by atoms with Gasteiger partial charge in [-0.05, 0) is 57.9 Å². The molecule has 1 rings (SSSR count). The topological polar surface area (TPSA) is 44.8 Å². The van der Waals surface area contributed by atoms with Crippen LogP contribution in [0.4, 0.5) is 0 Å². The molecule has 4 heteroatoms. The van der Waals surface area contributed by atoms with Crippen LogP contribution in [0.5, 0.6) is 11.5 Å². The summed E-state index contributed by atoms with van der Waals surface area (Å²) in [5.41, 5.74) is 0.372. The summed E-state index contributed by atoms with van der Waals surface area (Å²) >= 11 is 0. The molecule has 0 radical (unpaired) electrons. The van der Waals surface area contributed by atoms with Crippen LogP contribution in [-0.2, 0) is 9.53 Å². The third-order valence-electron chi connectivity index (χ3n) is 2.84. The smallest absolute Gasteiger partial charge is 0.331 e. The van der Waals surface area contributed by atoms with E-state index in [2.05, 4.69) is 6.92 Å². The molecule has 0 fully saturated rings. The van der Waals surface area contributed by atoms with Gasteiger partial charge in [0.1, 0.15) is 5.60 Å². The highest BCUT2D eigenvalue weighted by molar-refractivity contribution is 5.87. The summed E-state index contributed by atoms with van der Waals surface area (Å²) in [6.45, 7) is 10.8. The van der Waals surface area contributed by atoms with E-state index in [-0.39, 0.29) is 5.97 Å². The Labute approximate surface area is 139 Å². The van der Waals surface area contributed by atoms with Crippen molar-refractivity contribution in [1.29, 1.82) is 0 Å². The first-order valence-electron chi connectivity index (χ1n) is 8.16. The van der Waals surface area contributed by atoms with Crippen molar-refractivity contribution in [3.63, 3.8) is 0 Å². The molecule has 0 aromatic heterocycles. The van der Waals surface area contributed by atoms with Gasteiger partial charge in [-0.15, -0.1) is 0 Å². The summed E-state index contributed by atoms with van der Waals surface area (Å²) in [5.74, 6) is 1.06. The van der Waals surface area contributed by atoms with Crippen molar-refractivity contribution < 1.29 is 19.0 Å². The molecule has 0 unspecified atom stereocenters. The quantitative estimate of drug-likeness (QED) is 0.398. The second kappa shape index (κ2) is 9.23. The van der Waals surface area contributed by atoms with Crippen molar-refractivity contribution in [3.05, 3.63) is 29.8 Å². The van der Waals surface area contributed by atoms with Gasteiger partial charge in [-0.2, -0.15) is 0 Å². The Bertz CT molecular complexity index is 527. The van der Waals surface area contributed by atoms with Crippen LogP contribution in [0, 0.1) is 0 Å². The van der Waals surface area contributed by atoms with Crippen LogP contribution in [0.3, 0.4) is 0 Å². The van der Waals surface area contributed by atoms with Crippen molar-refractivity contribution in [2.24, 2.45) is 0 Å². The number of ether oxygens (including phenoxy) is 3. The fourth-order valence-corrected chi connectivity index (χ4v) is 1.84. The molecular weight excluding hydrogens is 292 g/mol. The lowest BCUT2D eigenvalue weighted by Crippen LogP contribution is -2.22. The molecule has 0 aliphatic heterocycles. The SMILES string of the molecule is CCCCOc1ccc(C=CC(=O)OC(C)(C)C)cc1OCC. The Morgan fingerprint density at radius 3 is 2.48 bits per heavy atom. The van der Waals surface area contributed by atoms with Crippen molar-refractivity contribution in [2.75, 3.05) is 13.2 Å². The first-order valence-corrected chi connectivity index (χ1v) is 8.16. The van der Waals surface area contributed by atoms with E-state index in [1.54, 1.807) is 6.08 Å². The van der Waals surface area contributed by atoms with Gasteiger partial charge in [0.05, 0.1) is 13.2 Å². The summed E-state index contributed by atoms with van der Waals surface area (Å²) in [6.07, 6.45) is 5.23. The van der Waals surface area contributed by atoms with Crippen LogP contribution in [0.25, 0.3) is 6.08 Å². The van der Waals surface area contributed by atoms with E-state index in [0.29, 0.717) is 19.0 Å². The highest BCUT2D eigenvalue weighted by atomic mass is 16.6. The fourth-order valence-electron chi connectivity index (χ4n) is 1.84. The molecule has 0 aliphatic carbocycles. The van der Waals surface area contributed by atoms with Gasteiger partial charge in [0.2, 0.25) is 0 Å². The zero-order valence-corrected chi connectivity index (χ0v) is 14.8. The molecule has 0 bridgehead atoms. The van der Waals surface area contributed by atoms with Crippen LogP contribution < -0.4 is 9.47 Å². The lowest BCUT2D eigenvalue weighted by Gasteiger charge is -2.17. The first kappa shape index (κ1) is 19.1. The Balaban J connectivity index is 2.80. The Kier molecular flexibility index (Phi) is 7.66. The highest BCUT2D eigenvalue weighted by Crippen LogP contribution is 2.29. The number of carbonyl (C=O) groups is 1. The Morgan fingerprint density at radius 2 is 1.87 bits per heavy atom. The number of unbranched alkanes of at least 4 members (excludes halogenated alkanes) is 1. The fraction of sp³-hybridized carbons (Fsp3) is 0.526. The highest BCUT2D eigenvalue weighted by Gasteiger charge is 2.14. The zero-order valence-electron chi connectivity index (χ0n) is 14.8. The van der Waals surface area contributed by atoms with E-state index in [4.69, 9.17) is 14.2 Å². The minimum atomic E-state index is -0.491. The summed E-state index contributed by atoms with van der Waals surface area (Å²) in [6, 6.07) is 5.63. The summed E-state index contributed by atoms with van der Waals surface area (Å²) < 4.78 is 16.6. The predicted molar refractivity (Wildman–Crippen MR) is 92.9 cm³/mol. The summed E-state index contributed by atoms with van der Waals surface area (Å²) in [4.78, 5) is 11.7. The number of esters is 1. The van der Waals surface area contributed by atoms with Crippen LogP contribution in [0.1, 0.15) is 53.0 Å². The van der Waals surface area contributed by atoms with Gasteiger partial charge in [-0.1, -0.05) is 19.4 Å². The second-order valence-corrected chi connectivity index (χ2v) is 6.21. The maximum atomic E-state index is 11.7. The molecule has 128 valence electrons. The van der Waals surface area contributed by atoms with Crippen LogP contribution in [0.2, 0.25) is 0 Å². The molecule has 0 atom stereocenters. The molecule has 0 spiro atoms. The molecule has 0 amide bonds. The first-order chi connectivity index (χ1) is 10.9. The molecule has 0 saturated heterocycles. The average Bonchev–Trinajstić information content (AvgIpc) is 2.46. The van der Waals surface area contributed by atoms with E-state index in [9.17, 15) is 4.79 Å². The van der Waals surface area contributed by atoms with Crippen LogP contribution in [0.15, 0.2) is 24.3 Å². The van der Waals surface area contributed by atoms with Gasteiger partial charge in [-0.3, -0.25) is 0 Å². The van der Waals surface area contributed by atoms with E-state index in [1.807, 2.05) is 45.9 Å². The minimum absolute atomic E-state index is 0.362. The molecule has 0 aliphatic rings. The summed E-state index contributed by atoms with van der Waals surface area (Å²) in [7, 11) is 0. The van der Waals surface area contributed by atoms with Gasteiger partial charge in [0.15, 0.2) is 11.5 Å². The van der Waals surface area contributed by atoms with Crippen LogP contribution in [-0.4, -0.2) is 24.8 Å². The predicted octanol–water partition coefficient (Wildman–Crippen LogP) is 4.62. The number of carbonyl (C=O) groups excluding carboxylic acids is 1. The van der Waals surface area contributed by atoms with Gasteiger partial charge < -0.3 is 14.2 Å². The van der Waals surface area contributed by atoms with Crippen LogP contribution >= 0.6 is 0 Å². The van der Waals surface area contributed by atoms with Gasteiger partial charge in [0.25, 0.3) is 0 Å². The number of benzene rings is 1. The molecule has 0 N–H and O–H groups in total. The third kappa shape index (κ3) is 7.73. The normalized spacial score (nSPS) is 11.5. The third-order valence-corrected chi connectivity index (χ3v) is 2.84. The minimum Gasteiger partial charge on any atom is -0.490 e. The van der Waals surface area contributed by atoms with Crippen molar-refractivity contribution >= 4 is 12.0 Å². The maximum absolute atomic E-state index is 11.7. The maximum Gasteiger partial charge on any atom is 0.331 e. The molecule has 1 aromatic carbocycles. The molecule has 23 heavy (non-hydrogen) atoms. The summed E-state index contributed by atoms with van der Waals surface area (Å²) in [5, 5.41) is 0. The molecule has 4 nitrogen and oxygen atoms in total. The lowest BCUT2D eigenvalue weighted by molar-refractivity contribution is -0.148. The lowest BCUT2D eigenvalue weighted by atomic mass is 10.1. The number of hydrogen-bond donors (Lipinski definition) is 0. The van der Waals surface area contributed by atoms with E-state index < -0.39 is 5.60 Å². The largest absolute Gasteiger partial charge is 0.490 e.